The van der Waals surface area contributed by atoms with Crippen LogP contribution in [-0.4, -0.2) is 38.8 Å². The molecular formula is C12H20N4O. The molecule has 5 heteroatoms. The number of hydrogen-bond acceptors (Lipinski definition) is 3. The van der Waals surface area contributed by atoms with Crippen molar-refractivity contribution in [1.29, 1.82) is 0 Å². The largest absolute Gasteiger partial charge is 0.343 e. The fourth-order valence-electron chi connectivity index (χ4n) is 3.17. The fourth-order valence-corrected chi connectivity index (χ4v) is 3.17. The zero-order valence-electron chi connectivity index (χ0n) is 10.2. The zero-order chi connectivity index (χ0) is 11.7. The Hall–Kier alpha value is -1.10. The van der Waals surface area contributed by atoms with E-state index in [1.807, 2.05) is 0 Å². The Balaban J connectivity index is 1.70. The van der Waals surface area contributed by atoms with Crippen LogP contribution in [0.2, 0.25) is 0 Å². The Bertz CT molecular complexity index is 430. The van der Waals surface area contributed by atoms with Crippen molar-refractivity contribution in [2.45, 2.75) is 51.1 Å². The van der Waals surface area contributed by atoms with Gasteiger partial charge in [-0.1, -0.05) is 19.3 Å². The minimum atomic E-state index is -0.0505. The van der Waals surface area contributed by atoms with Crippen molar-refractivity contribution in [1.82, 2.24) is 19.7 Å². The number of aromatic nitrogens is 3. The summed E-state index contributed by atoms with van der Waals surface area (Å²) in [5.74, 6) is 0.924. The minimum absolute atomic E-state index is 0.0505. The molecule has 0 saturated heterocycles. The van der Waals surface area contributed by atoms with Gasteiger partial charge >= 0.3 is 5.69 Å². The number of H-pyrrole nitrogens is 1. The second kappa shape index (κ2) is 4.64. The Morgan fingerprint density at radius 1 is 1.12 bits per heavy atom. The molecule has 1 aromatic heterocycles. The lowest BCUT2D eigenvalue weighted by atomic mass is 9.94. The van der Waals surface area contributed by atoms with Crippen LogP contribution in [0.5, 0.6) is 0 Å². The molecule has 0 unspecified atom stereocenters. The summed E-state index contributed by atoms with van der Waals surface area (Å²) in [6.45, 7) is 2.84. The topological polar surface area (TPSA) is 53.9 Å². The molecular weight excluding hydrogens is 216 g/mol. The first-order chi connectivity index (χ1) is 8.34. The van der Waals surface area contributed by atoms with Gasteiger partial charge in [0, 0.05) is 32.1 Å². The predicted molar refractivity (Wildman–Crippen MR) is 65.0 cm³/mol. The van der Waals surface area contributed by atoms with E-state index in [0.717, 1.165) is 37.9 Å². The maximum absolute atomic E-state index is 11.5. The van der Waals surface area contributed by atoms with Gasteiger partial charge in [-0.15, -0.1) is 0 Å². The first kappa shape index (κ1) is 11.0. The number of nitrogens with one attached hydrogen (secondary N) is 1. The molecule has 0 amide bonds. The Morgan fingerprint density at radius 3 is 2.76 bits per heavy atom. The van der Waals surface area contributed by atoms with E-state index in [-0.39, 0.29) is 5.69 Å². The van der Waals surface area contributed by atoms with E-state index in [0.29, 0.717) is 0 Å². The van der Waals surface area contributed by atoms with Crippen LogP contribution in [0, 0.1) is 0 Å². The third kappa shape index (κ3) is 2.16. The first-order valence-corrected chi connectivity index (χ1v) is 6.73. The maximum Gasteiger partial charge on any atom is 0.343 e. The van der Waals surface area contributed by atoms with Gasteiger partial charge in [0.1, 0.15) is 5.82 Å². The summed E-state index contributed by atoms with van der Waals surface area (Å²) in [7, 11) is 0. The number of aromatic amines is 1. The SMILES string of the molecule is O=c1[nH]nc2n1CCN(C1CCCCC1)CC2. The average molecular weight is 236 g/mol. The normalized spacial score (nSPS) is 23.3. The molecule has 1 saturated carbocycles. The van der Waals surface area contributed by atoms with Crippen molar-refractivity contribution >= 4 is 0 Å². The van der Waals surface area contributed by atoms with Crippen LogP contribution in [0.3, 0.4) is 0 Å². The van der Waals surface area contributed by atoms with E-state index in [2.05, 4.69) is 15.1 Å². The molecule has 0 spiro atoms. The highest BCUT2D eigenvalue weighted by molar-refractivity contribution is 4.91. The number of nitrogens with zero attached hydrogens (tertiary/aromatic N) is 3. The molecule has 3 rings (SSSR count). The van der Waals surface area contributed by atoms with E-state index in [1.54, 1.807) is 4.57 Å². The summed E-state index contributed by atoms with van der Waals surface area (Å²) in [5, 5.41) is 6.63. The predicted octanol–water partition coefficient (Wildman–Crippen LogP) is 0.762. The highest BCUT2D eigenvalue weighted by Crippen LogP contribution is 2.23. The average Bonchev–Trinajstić information content (AvgIpc) is 2.62. The van der Waals surface area contributed by atoms with Gasteiger partial charge in [-0.2, -0.15) is 5.10 Å². The molecule has 1 aliphatic heterocycles. The van der Waals surface area contributed by atoms with E-state index in [1.165, 1.54) is 32.1 Å². The first-order valence-electron chi connectivity index (χ1n) is 6.73. The van der Waals surface area contributed by atoms with Crippen molar-refractivity contribution in [3.63, 3.8) is 0 Å². The summed E-state index contributed by atoms with van der Waals surface area (Å²) < 4.78 is 1.79. The van der Waals surface area contributed by atoms with Crippen LogP contribution in [0.1, 0.15) is 37.9 Å². The monoisotopic (exact) mass is 236 g/mol. The van der Waals surface area contributed by atoms with Crippen LogP contribution in [0.15, 0.2) is 4.79 Å². The molecule has 5 nitrogen and oxygen atoms in total. The Labute approximate surface area is 101 Å². The van der Waals surface area contributed by atoms with Crippen LogP contribution in [0.25, 0.3) is 0 Å². The molecule has 0 bridgehead atoms. The van der Waals surface area contributed by atoms with Crippen molar-refractivity contribution in [3.8, 4) is 0 Å². The molecule has 1 aromatic rings. The summed E-state index contributed by atoms with van der Waals surface area (Å²) in [6.07, 6.45) is 7.69. The summed E-state index contributed by atoms with van der Waals surface area (Å²) in [6, 6.07) is 0.743. The lowest BCUT2D eigenvalue weighted by Crippen LogP contribution is -2.39. The van der Waals surface area contributed by atoms with Gasteiger partial charge in [0.25, 0.3) is 0 Å². The van der Waals surface area contributed by atoms with Gasteiger partial charge in [0.2, 0.25) is 0 Å². The van der Waals surface area contributed by atoms with Crippen LogP contribution >= 0.6 is 0 Å². The van der Waals surface area contributed by atoms with Gasteiger partial charge in [-0.3, -0.25) is 9.47 Å². The third-order valence-electron chi connectivity index (χ3n) is 4.16. The minimum Gasteiger partial charge on any atom is -0.298 e. The van der Waals surface area contributed by atoms with Crippen LogP contribution < -0.4 is 5.69 Å². The molecule has 1 aliphatic carbocycles. The van der Waals surface area contributed by atoms with Gasteiger partial charge in [-0.05, 0) is 12.8 Å². The van der Waals surface area contributed by atoms with Crippen molar-refractivity contribution in [2.75, 3.05) is 13.1 Å². The van der Waals surface area contributed by atoms with Gasteiger partial charge in [0.15, 0.2) is 0 Å². The van der Waals surface area contributed by atoms with Crippen molar-refractivity contribution < 1.29 is 0 Å². The summed E-state index contributed by atoms with van der Waals surface area (Å²) in [5.41, 5.74) is -0.0505. The molecule has 0 aromatic carbocycles. The number of fused-ring (bicyclic) bond motifs is 1. The number of rotatable bonds is 1. The van der Waals surface area contributed by atoms with E-state index in [9.17, 15) is 4.79 Å². The highest BCUT2D eigenvalue weighted by atomic mass is 16.1. The second-order valence-corrected chi connectivity index (χ2v) is 5.17. The van der Waals surface area contributed by atoms with Gasteiger partial charge < -0.3 is 0 Å². The maximum atomic E-state index is 11.5. The van der Waals surface area contributed by atoms with E-state index < -0.39 is 0 Å². The van der Waals surface area contributed by atoms with Crippen LogP contribution in [-0.2, 0) is 13.0 Å². The summed E-state index contributed by atoms with van der Waals surface area (Å²) in [4.78, 5) is 14.1. The zero-order valence-corrected chi connectivity index (χ0v) is 10.2. The molecule has 2 heterocycles. The molecule has 1 N–H and O–H groups in total. The number of hydrogen-bond donors (Lipinski definition) is 1. The third-order valence-corrected chi connectivity index (χ3v) is 4.16. The van der Waals surface area contributed by atoms with Crippen LogP contribution in [0.4, 0.5) is 0 Å². The molecule has 0 radical (unpaired) electrons. The van der Waals surface area contributed by atoms with Gasteiger partial charge in [0.05, 0.1) is 0 Å². The smallest absolute Gasteiger partial charge is 0.298 e. The van der Waals surface area contributed by atoms with Gasteiger partial charge in [-0.25, -0.2) is 9.89 Å². The molecule has 0 atom stereocenters. The molecule has 17 heavy (non-hydrogen) atoms. The summed E-state index contributed by atoms with van der Waals surface area (Å²) >= 11 is 0. The fraction of sp³-hybridized carbons (Fsp3) is 0.833. The Kier molecular flexibility index (Phi) is 3.01. The second-order valence-electron chi connectivity index (χ2n) is 5.17. The lowest BCUT2D eigenvalue weighted by Gasteiger charge is -2.33. The lowest BCUT2D eigenvalue weighted by molar-refractivity contribution is 0.158. The van der Waals surface area contributed by atoms with Crippen molar-refractivity contribution in [3.05, 3.63) is 16.3 Å². The molecule has 2 aliphatic rings. The standard InChI is InChI=1S/C12H20N4O/c17-12-14-13-11-6-7-15(8-9-16(11)12)10-4-2-1-3-5-10/h10H,1-9H2,(H,14,17). The van der Waals surface area contributed by atoms with E-state index >= 15 is 0 Å². The van der Waals surface area contributed by atoms with Crippen molar-refractivity contribution in [2.24, 2.45) is 0 Å². The quantitative estimate of drug-likeness (QED) is 0.783. The Morgan fingerprint density at radius 2 is 1.94 bits per heavy atom. The molecule has 1 fully saturated rings. The van der Waals surface area contributed by atoms with E-state index in [4.69, 9.17) is 0 Å². The molecule has 94 valence electrons. The highest BCUT2D eigenvalue weighted by Gasteiger charge is 2.24.